The highest BCUT2D eigenvalue weighted by molar-refractivity contribution is 7.17. The Balaban J connectivity index is 1.42. The summed E-state index contributed by atoms with van der Waals surface area (Å²) in [4.78, 5) is 15.8. The van der Waals surface area contributed by atoms with Gasteiger partial charge in [-0.25, -0.2) is 0 Å². The largest absolute Gasteiger partial charge is 0.467 e. The normalized spacial score (nSPS) is 14.1. The lowest BCUT2D eigenvalue weighted by Crippen LogP contribution is -2.36. The lowest BCUT2D eigenvalue weighted by atomic mass is 10.2. The number of rotatable bonds is 5. The zero-order valence-corrected chi connectivity index (χ0v) is 17.4. The van der Waals surface area contributed by atoms with Crippen LogP contribution in [-0.4, -0.2) is 48.4 Å². The molecule has 2 aromatic heterocycles. The number of hydrogen-bond acceptors (Lipinski definition) is 8. The van der Waals surface area contributed by atoms with Crippen LogP contribution in [0.15, 0.2) is 53.9 Å². The fourth-order valence-corrected chi connectivity index (χ4v) is 4.42. The maximum Gasteiger partial charge on any atom is 0.321 e. The van der Waals surface area contributed by atoms with Gasteiger partial charge in [0.05, 0.1) is 20.3 Å². The van der Waals surface area contributed by atoms with E-state index in [9.17, 15) is 0 Å². The molecule has 0 saturated carbocycles. The number of ether oxygens (including phenoxy) is 2. The summed E-state index contributed by atoms with van der Waals surface area (Å²) in [5.74, 6) is 1.04. The predicted molar refractivity (Wildman–Crippen MR) is 120 cm³/mol. The molecular formula is C22H21N5O2S. The lowest BCUT2D eigenvalue weighted by Gasteiger charge is -2.28. The van der Waals surface area contributed by atoms with Crippen molar-refractivity contribution in [2.75, 3.05) is 43.6 Å². The van der Waals surface area contributed by atoms with Gasteiger partial charge in [-0.2, -0.15) is 15.0 Å². The number of hydrogen-bond donors (Lipinski definition) is 1. The van der Waals surface area contributed by atoms with Crippen LogP contribution in [0.1, 0.15) is 0 Å². The quantitative estimate of drug-likeness (QED) is 0.516. The van der Waals surface area contributed by atoms with E-state index >= 15 is 0 Å². The first-order valence-corrected chi connectivity index (χ1v) is 10.6. The molecular weight excluding hydrogens is 398 g/mol. The van der Waals surface area contributed by atoms with E-state index < -0.39 is 0 Å². The van der Waals surface area contributed by atoms with E-state index in [1.807, 2.05) is 24.3 Å². The van der Waals surface area contributed by atoms with Crippen molar-refractivity contribution in [3.05, 3.63) is 53.9 Å². The first-order chi connectivity index (χ1) is 14.8. The number of thiophene rings is 1. The third-order valence-electron chi connectivity index (χ3n) is 5.02. The Morgan fingerprint density at radius 3 is 2.60 bits per heavy atom. The van der Waals surface area contributed by atoms with Crippen molar-refractivity contribution in [2.24, 2.45) is 0 Å². The van der Waals surface area contributed by atoms with E-state index in [1.165, 1.54) is 10.4 Å². The zero-order chi connectivity index (χ0) is 20.3. The number of anilines is 3. The Bertz CT molecular complexity index is 1160. The van der Waals surface area contributed by atoms with Crippen LogP contribution in [0.3, 0.4) is 0 Å². The molecule has 1 fully saturated rings. The summed E-state index contributed by atoms with van der Waals surface area (Å²) in [5.41, 5.74) is 3.06. The van der Waals surface area contributed by atoms with Gasteiger partial charge in [-0.3, -0.25) is 0 Å². The van der Waals surface area contributed by atoms with E-state index in [-0.39, 0.29) is 6.01 Å². The van der Waals surface area contributed by atoms with Gasteiger partial charge in [0.1, 0.15) is 0 Å². The minimum atomic E-state index is 0.280. The summed E-state index contributed by atoms with van der Waals surface area (Å²) in [6.07, 6.45) is 0. The molecule has 7 nitrogen and oxygen atoms in total. The Morgan fingerprint density at radius 2 is 1.80 bits per heavy atom. The predicted octanol–water partition coefficient (Wildman–Crippen LogP) is 4.34. The van der Waals surface area contributed by atoms with Gasteiger partial charge >= 0.3 is 6.01 Å². The molecule has 1 aliphatic rings. The molecule has 8 heteroatoms. The van der Waals surface area contributed by atoms with Crippen molar-refractivity contribution in [3.63, 3.8) is 0 Å². The lowest BCUT2D eigenvalue weighted by molar-refractivity contribution is 0.122. The van der Waals surface area contributed by atoms with Gasteiger partial charge in [-0.15, -0.1) is 11.3 Å². The van der Waals surface area contributed by atoms with Gasteiger partial charge < -0.3 is 19.7 Å². The van der Waals surface area contributed by atoms with Gasteiger partial charge in [0, 0.05) is 45.5 Å². The van der Waals surface area contributed by atoms with Crippen LogP contribution < -0.4 is 15.0 Å². The Hall–Kier alpha value is -3.23. The highest BCUT2D eigenvalue weighted by atomic mass is 32.1. The number of benzene rings is 2. The minimum Gasteiger partial charge on any atom is -0.467 e. The minimum absolute atomic E-state index is 0.280. The van der Waals surface area contributed by atoms with Crippen LogP contribution in [0.5, 0.6) is 6.01 Å². The SMILES string of the molecule is COc1nc(Nc2ccc(N3CCOCC3)cc2)nc(-c2csc3ccccc23)n1. The van der Waals surface area contributed by atoms with Crippen LogP contribution in [0, 0.1) is 0 Å². The summed E-state index contributed by atoms with van der Waals surface area (Å²) >= 11 is 1.67. The first-order valence-electron chi connectivity index (χ1n) is 9.76. The molecule has 0 amide bonds. The molecule has 0 atom stereocenters. The maximum atomic E-state index is 5.43. The van der Waals surface area contributed by atoms with Crippen LogP contribution in [0.4, 0.5) is 17.3 Å². The number of morpholine rings is 1. The maximum absolute atomic E-state index is 5.43. The van der Waals surface area contributed by atoms with Crippen LogP contribution >= 0.6 is 11.3 Å². The Kier molecular flexibility index (Phi) is 5.17. The van der Waals surface area contributed by atoms with Gasteiger partial charge in [-0.05, 0) is 30.3 Å². The monoisotopic (exact) mass is 419 g/mol. The van der Waals surface area contributed by atoms with Crippen molar-refractivity contribution in [3.8, 4) is 17.4 Å². The summed E-state index contributed by atoms with van der Waals surface area (Å²) in [5, 5.41) is 6.47. The molecule has 1 saturated heterocycles. The molecule has 2 aromatic carbocycles. The third-order valence-corrected chi connectivity index (χ3v) is 5.98. The Morgan fingerprint density at radius 1 is 1.00 bits per heavy atom. The summed E-state index contributed by atoms with van der Waals surface area (Å²) in [6.45, 7) is 3.36. The fraction of sp³-hybridized carbons (Fsp3) is 0.227. The molecule has 1 aliphatic heterocycles. The third kappa shape index (κ3) is 3.79. The zero-order valence-electron chi connectivity index (χ0n) is 16.5. The van der Waals surface area contributed by atoms with Crippen LogP contribution in [-0.2, 0) is 4.74 Å². The number of nitrogens with one attached hydrogen (secondary N) is 1. The van der Waals surface area contributed by atoms with E-state index in [1.54, 1.807) is 18.4 Å². The topological polar surface area (TPSA) is 72.4 Å². The molecule has 5 rings (SSSR count). The fourth-order valence-electron chi connectivity index (χ4n) is 3.48. The highest BCUT2D eigenvalue weighted by Gasteiger charge is 2.14. The van der Waals surface area contributed by atoms with E-state index in [2.05, 4.69) is 54.8 Å². The molecule has 152 valence electrons. The van der Waals surface area contributed by atoms with Gasteiger partial charge in [-0.1, -0.05) is 18.2 Å². The number of fused-ring (bicyclic) bond motifs is 1. The first kappa shape index (κ1) is 18.8. The van der Waals surface area contributed by atoms with E-state index in [0.29, 0.717) is 11.8 Å². The van der Waals surface area contributed by atoms with Crippen molar-refractivity contribution in [1.82, 2.24) is 15.0 Å². The molecule has 0 bridgehead atoms. The molecule has 0 radical (unpaired) electrons. The highest BCUT2D eigenvalue weighted by Crippen LogP contribution is 2.33. The van der Waals surface area contributed by atoms with E-state index in [4.69, 9.17) is 9.47 Å². The van der Waals surface area contributed by atoms with Crippen molar-refractivity contribution in [2.45, 2.75) is 0 Å². The molecule has 3 heterocycles. The average molecular weight is 420 g/mol. The van der Waals surface area contributed by atoms with Crippen molar-refractivity contribution in [1.29, 1.82) is 0 Å². The summed E-state index contributed by atoms with van der Waals surface area (Å²) in [7, 11) is 1.56. The van der Waals surface area contributed by atoms with Gasteiger partial charge in [0.25, 0.3) is 0 Å². The number of nitrogens with zero attached hydrogens (tertiary/aromatic N) is 4. The van der Waals surface area contributed by atoms with Gasteiger partial charge in [0.15, 0.2) is 5.82 Å². The number of methoxy groups -OCH3 is 1. The smallest absolute Gasteiger partial charge is 0.321 e. The standard InChI is InChI=1S/C22H21N5O2S/c1-28-22-25-20(18-14-30-19-5-3-2-4-17(18)19)24-21(26-22)23-15-6-8-16(9-7-15)27-10-12-29-13-11-27/h2-9,14H,10-13H2,1H3,(H,23,24,25,26). The van der Waals surface area contributed by atoms with Gasteiger partial charge in [0.2, 0.25) is 5.95 Å². The number of aromatic nitrogens is 3. The second-order valence-corrected chi connectivity index (χ2v) is 7.80. The molecule has 1 N–H and O–H groups in total. The van der Waals surface area contributed by atoms with Crippen LogP contribution in [0.2, 0.25) is 0 Å². The molecule has 4 aromatic rings. The second kappa shape index (κ2) is 8.25. The average Bonchev–Trinajstić information content (AvgIpc) is 3.24. The summed E-state index contributed by atoms with van der Waals surface area (Å²) < 4.78 is 11.9. The van der Waals surface area contributed by atoms with Crippen molar-refractivity contribution >= 4 is 38.7 Å². The molecule has 0 spiro atoms. The molecule has 30 heavy (non-hydrogen) atoms. The Labute approximate surface area is 178 Å². The second-order valence-electron chi connectivity index (χ2n) is 6.89. The summed E-state index contributed by atoms with van der Waals surface area (Å²) in [6, 6.07) is 16.8. The molecule has 0 unspecified atom stereocenters. The molecule has 0 aliphatic carbocycles. The van der Waals surface area contributed by atoms with Crippen LogP contribution in [0.25, 0.3) is 21.5 Å². The van der Waals surface area contributed by atoms with Crippen molar-refractivity contribution < 1.29 is 9.47 Å². The van der Waals surface area contributed by atoms with E-state index in [0.717, 1.165) is 42.9 Å².